The second kappa shape index (κ2) is 7.72. The van der Waals surface area contributed by atoms with Crippen molar-refractivity contribution in [2.45, 2.75) is 25.8 Å². The summed E-state index contributed by atoms with van der Waals surface area (Å²) in [6.07, 6.45) is 1.67. The van der Waals surface area contributed by atoms with Crippen LogP contribution in [0.3, 0.4) is 0 Å². The number of amides is 2. The average molecular weight is 378 g/mol. The highest BCUT2D eigenvalue weighted by Gasteiger charge is 2.34. The van der Waals surface area contributed by atoms with E-state index in [9.17, 15) is 4.79 Å². The summed E-state index contributed by atoms with van der Waals surface area (Å²) in [5.41, 5.74) is 2.67. The van der Waals surface area contributed by atoms with Gasteiger partial charge in [0.15, 0.2) is 0 Å². The average Bonchev–Trinajstić information content (AvgIpc) is 3.39. The fraction of sp³-hybridized carbons (Fsp3) is 0.286. The molecule has 2 aromatic carbocycles. The SMILES string of the molecule is COc1ccccc1-c1noc([C@@H]2CCCN2C(=O)Nc2ccc(C)cc2)n1. The molecule has 0 bridgehead atoms. The number of nitrogens with one attached hydrogen (secondary N) is 1. The Labute approximate surface area is 163 Å². The van der Waals surface area contributed by atoms with Crippen molar-refractivity contribution in [2.24, 2.45) is 0 Å². The first-order chi connectivity index (χ1) is 13.7. The molecule has 0 spiro atoms. The second-order valence-electron chi connectivity index (χ2n) is 6.80. The quantitative estimate of drug-likeness (QED) is 0.727. The number of para-hydroxylation sites is 1. The maximum Gasteiger partial charge on any atom is 0.322 e. The van der Waals surface area contributed by atoms with Gasteiger partial charge >= 0.3 is 6.03 Å². The molecular formula is C21H22N4O3. The number of carbonyl (C=O) groups is 1. The van der Waals surface area contributed by atoms with E-state index in [4.69, 9.17) is 9.26 Å². The zero-order chi connectivity index (χ0) is 19.5. The summed E-state index contributed by atoms with van der Waals surface area (Å²) in [6.45, 7) is 2.66. The largest absolute Gasteiger partial charge is 0.496 e. The maximum atomic E-state index is 12.8. The number of hydrogen-bond donors (Lipinski definition) is 1. The van der Waals surface area contributed by atoms with Crippen molar-refractivity contribution in [1.82, 2.24) is 15.0 Å². The van der Waals surface area contributed by atoms with E-state index in [-0.39, 0.29) is 12.1 Å². The number of ether oxygens (including phenoxy) is 1. The summed E-state index contributed by atoms with van der Waals surface area (Å²) in [5, 5.41) is 7.05. The van der Waals surface area contributed by atoms with Gasteiger partial charge in [-0.1, -0.05) is 35.0 Å². The smallest absolute Gasteiger partial charge is 0.322 e. The van der Waals surface area contributed by atoms with Crippen molar-refractivity contribution in [3.8, 4) is 17.1 Å². The standard InChI is InChI=1S/C21H22N4O3/c1-14-9-11-15(12-10-14)22-21(26)25-13-5-7-17(25)20-23-19(24-28-20)16-6-3-4-8-18(16)27-2/h3-4,6,8-12,17H,5,7,13H2,1-2H3,(H,22,26)/t17-/m0/s1. The van der Waals surface area contributed by atoms with Crippen molar-refractivity contribution in [3.63, 3.8) is 0 Å². The molecule has 1 atom stereocenters. The molecule has 1 aliphatic rings. The normalized spacial score (nSPS) is 16.2. The Kier molecular flexibility index (Phi) is 4.97. The minimum Gasteiger partial charge on any atom is -0.496 e. The van der Waals surface area contributed by atoms with E-state index in [1.54, 1.807) is 12.0 Å². The van der Waals surface area contributed by atoms with Gasteiger partial charge in [-0.25, -0.2) is 4.79 Å². The Morgan fingerprint density at radius 1 is 1.21 bits per heavy atom. The lowest BCUT2D eigenvalue weighted by atomic mass is 10.2. The summed E-state index contributed by atoms with van der Waals surface area (Å²) in [6, 6.07) is 14.8. The van der Waals surface area contributed by atoms with Crippen LogP contribution in [-0.2, 0) is 0 Å². The number of likely N-dealkylation sites (tertiary alicyclic amines) is 1. The van der Waals surface area contributed by atoms with Gasteiger partial charge in [-0.05, 0) is 44.0 Å². The first-order valence-corrected chi connectivity index (χ1v) is 9.27. The van der Waals surface area contributed by atoms with Crippen molar-refractivity contribution >= 4 is 11.7 Å². The van der Waals surface area contributed by atoms with E-state index >= 15 is 0 Å². The number of benzene rings is 2. The van der Waals surface area contributed by atoms with Crippen molar-refractivity contribution in [1.29, 1.82) is 0 Å². The molecule has 2 amide bonds. The van der Waals surface area contributed by atoms with Crippen molar-refractivity contribution < 1.29 is 14.1 Å². The van der Waals surface area contributed by atoms with Crippen LogP contribution in [0.4, 0.5) is 10.5 Å². The maximum absolute atomic E-state index is 12.8. The number of rotatable bonds is 4. The van der Waals surface area contributed by atoms with E-state index < -0.39 is 0 Å². The number of methoxy groups -OCH3 is 1. The highest BCUT2D eigenvalue weighted by Crippen LogP contribution is 2.34. The number of aromatic nitrogens is 2. The molecule has 1 fully saturated rings. The van der Waals surface area contributed by atoms with Gasteiger partial charge in [0.25, 0.3) is 0 Å². The third-order valence-electron chi connectivity index (χ3n) is 4.89. The zero-order valence-electron chi connectivity index (χ0n) is 15.9. The Morgan fingerprint density at radius 2 is 2.00 bits per heavy atom. The molecule has 1 saturated heterocycles. The lowest BCUT2D eigenvalue weighted by Crippen LogP contribution is -2.34. The van der Waals surface area contributed by atoms with Gasteiger partial charge in [-0.3, -0.25) is 0 Å². The molecule has 28 heavy (non-hydrogen) atoms. The van der Waals surface area contributed by atoms with Crippen molar-refractivity contribution in [3.05, 3.63) is 60.0 Å². The summed E-state index contributed by atoms with van der Waals surface area (Å²) >= 11 is 0. The van der Waals surface area contributed by atoms with Gasteiger partial charge in [0, 0.05) is 12.2 Å². The Balaban J connectivity index is 1.53. The number of nitrogens with zero attached hydrogens (tertiary/aromatic N) is 3. The molecule has 0 unspecified atom stereocenters. The molecule has 2 heterocycles. The minimum atomic E-state index is -0.235. The van der Waals surface area contributed by atoms with E-state index in [2.05, 4.69) is 15.5 Å². The highest BCUT2D eigenvalue weighted by molar-refractivity contribution is 5.89. The topological polar surface area (TPSA) is 80.5 Å². The summed E-state index contributed by atoms with van der Waals surface area (Å²) in [4.78, 5) is 19.1. The van der Waals surface area contributed by atoms with Gasteiger partial charge in [0.1, 0.15) is 11.8 Å². The molecule has 1 aromatic heterocycles. The first kappa shape index (κ1) is 18.0. The summed E-state index contributed by atoms with van der Waals surface area (Å²) < 4.78 is 10.9. The van der Waals surface area contributed by atoms with E-state index in [0.717, 1.165) is 29.7 Å². The Hall–Kier alpha value is -3.35. The van der Waals surface area contributed by atoms with Gasteiger partial charge in [0.05, 0.1) is 12.7 Å². The molecular weight excluding hydrogens is 356 g/mol. The molecule has 0 aliphatic carbocycles. The predicted molar refractivity (Wildman–Crippen MR) is 105 cm³/mol. The van der Waals surface area contributed by atoms with Crippen LogP contribution < -0.4 is 10.1 Å². The van der Waals surface area contributed by atoms with Crippen LogP contribution >= 0.6 is 0 Å². The van der Waals surface area contributed by atoms with Gasteiger partial charge in [0.2, 0.25) is 11.7 Å². The molecule has 1 N–H and O–H groups in total. The molecule has 144 valence electrons. The highest BCUT2D eigenvalue weighted by atomic mass is 16.5. The molecule has 7 heteroatoms. The zero-order valence-corrected chi connectivity index (χ0v) is 15.9. The fourth-order valence-electron chi connectivity index (χ4n) is 3.41. The van der Waals surface area contributed by atoms with Crippen LogP contribution in [0.25, 0.3) is 11.4 Å². The second-order valence-corrected chi connectivity index (χ2v) is 6.80. The molecule has 1 aliphatic heterocycles. The molecule has 7 nitrogen and oxygen atoms in total. The first-order valence-electron chi connectivity index (χ1n) is 9.27. The Morgan fingerprint density at radius 3 is 2.79 bits per heavy atom. The number of urea groups is 1. The minimum absolute atomic E-state index is 0.164. The van der Waals surface area contributed by atoms with Gasteiger partial charge in [-0.15, -0.1) is 0 Å². The van der Waals surface area contributed by atoms with Crippen LogP contribution in [0.1, 0.15) is 30.3 Å². The van der Waals surface area contributed by atoms with Crippen LogP contribution in [0, 0.1) is 6.92 Å². The van der Waals surface area contributed by atoms with Crippen LogP contribution in [0.5, 0.6) is 5.75 Å². The molecule has 3 aromatic rings. The number of aryl methyl sites for hydroxylation is 1. The van der Waals surface area contributed by atoms with Crippen LogP contribution in [0.2, 0.25) is 0 Å². The third-order valence-corrected chi connectivity index (χ3v) is 4.89. The van der Waals surface area contributed by atoms with Gasteiger partial charge in [-0.2, -0.15) is 4.98 Å². The van der Waals surface area contributed by atoms with E-state index in [1.807, 2.05) is 55.5 Å². The van der Waals surface area contributed by atoms with E-state index in [1.165, 1.54) is 0 Å². The lowest BCUT2D eigenvalue weighted by molar-refractivity contribution is 0.193. The van der Waals surface area contributed by atoms with Crippen molar-refractivity contribution in [2.75, 3.05) is 19.0 Å². The summed E-state index contributed by atoms with van der Waals surface area (Å²) in [5.74, 6) is 1.57. The monoisotopic (exact) mass is 378 g/mol. The third kappa shape index (κ3) is 3.55. The van der Waals surface area contributed by atoms with E-state index in [0.29, 0.717) is 24.0 Å². The van der Waals surface area contributed by atoms with Crippen LogP contribution in [-0.4, -0.2) is 34.7 Å². The number of hydrogen-bond acceptors (Lipinski definition) is 5. The number of carbonyl (C=O) groups excluding carboxylic acids is 1. The lowest BCUT2D eigenvalue weighted by Gasteiger charge is -2.22. The Bertz CT molecular complexity index is 968. The molecule has 4 rings (SSSR count). The number of anilines is 1. The fourth-order valence-corrected chi connectivity index (χ4v) is 3.41. The predicted octanol–water partition coefficient (Wildman–Crippen LogP) is 4.42. The van der Waals surface area contributed by atoms with Crippen LogP contribution in [0.15, 0.2) is 53.1 Å². The van der Waals surface area contributed by atoms with Gasteiger partial charge < -0.3 is 19.5 Å². The molecule has 0 saturated carbocycles. The summed E-state index contributed by atoms with van der Waals surface area (Å²) in [7, 11) is 1.61. The molecule has 0 radical (unpaired) electrons.